The Morgan fingerprint density at radius 1 is 0.413 bits per heavy atom. The van der Waals surface area contributed by atoms with E-state index in [-0.39, 0.29) is 0 Å². The lowest BCUT2D eigenvalue weighted by atomic mass is 9.92. The molecule has 0 unspecified atom stereocenters. The average molecular weight is 824 g/mol. The number of thiophene rings is 1. The summed E-state index contributed by atoms with van der Waals surface area (Å²) in [5.74, 6) is 1.88. The highest BCUT2D eigenvalue weighted by atomic mass is 32.1. The van der Waals surface area contributed by atoms with Gasteiger partial charge in [0.05, 0.1) is 0 Å². The standard InChI is InChI=1S/C58H37N3OS/c1-36-11-5-6-12-38(36)22-19-37-20-23-41(24-21-37)57-59-56(40-13-3-2-4-14-40)60-58(61-57)44-28-26-39-25-27-43(31-45(39)32-44)49-34-46(35-52-55(49)48-16-7-9-17-51(48)62-52)42-29-30-54-50(33-42)47-15-8-10-18-53(47)63-54/h2-35H,1H3/b22-19-. The molecule has 63 heavy (non-hydrogen) atoms. The van der Waals surface area contributed by atoms with Crippen molar-refractivity contribution in [3.8, 4) is 56.4 Å². The van der Waals surface area contributed by atoms with Crippen LogP contribution in [-0.4, -0.2) is 15.0 Å². The van der Waals surface area contributed by atoms with Crippen LogP contribution in [0.3, 0.4) is 0 Å². The zero-order chi connectivity index (χ0) is 41.9. The first-order valence-electron chi connectivity index (χ1n) is 21.2. The largest absolute Gasteiger partial charge is 0.456 e. The van der Waals surface area contributed by atoms with Crippen molar-refractivity contribution in [1.82, 2.24) is 15.0 Å². The van der Waals surface area contributed by atoms with Gasteiger partial charge in [0.15, 0.2) is 17.5 Å². The Hall–Kier alpha value is -7.99. The quantitative estimate of drug-likeness (QED) is 0.150. The lowest BCUT2D eigenvalue weighted by molar-refractivity contribution is 0.669. The summed E-state index contributed by atoms with van der Waals surface area (Å²) < 4.78 is 9.19. The summed E-state index contributed by atoms with van der Waals surface area (Å²) >= 11 is 1.84. The molecule has 0 radical (unpaired) electrons. The van der Waals surface area contributed by atoms with Crippen molar-refractivity contribution in [2.75, 3.05) is 0 Å². The third-order valence-electron chi connectivity index (χ3n) is 12.1. The van der Waals surface area contributed by atoms with Crippen LogP contribution >= 0.6 is 11.3 Å². The predicted octanol–water partition coefficient (Wildman–Crippen LogP) is 16.1. The first kappa shape index (κ1) is 36.8. The number of benzene rings is 9. The Morgan fingerprint density at radius 3 is 1.87 bits per heavy atom. The van der Waals surface area contributed by atoms with Crippen LogP contribution in [0.2, 0.25) is 0 Å². The minimum Gasteiger partial charge on any atom is -0.456 e. The van der Waals surface area contributed by atoms with E-state index < -0.39 is 0 Å². The summed E-state index contributed by atoms with van der Waals surface area (Å²) in [6.07, 6.45) is 4.30. The third-order valence-corrected chi connectivity index (χ3v) is 13.2. The molecule has 0 fully saturated rings. The van der Waals surface area contributed by atoms with Crippen molar-refractivity contribution in [1.29, 1.82) is 0 Å². The normalized spacial score (nSPS) is 11.8. The monoisotopic (exact) mass is 823 g/mol. The van der Waals surface area contributed by atoms with Crippen LogP contribution in [0.4, 0.5) is 0 Å². The summed E-state index contributed by atoms with van der Waals surface area (Å²) in [6, 6.07) is 68.5. The van der Waals surface area contributed by atoms with Crippen molar-refractivity contribution in [2.24, 2.45) is 0 Å². The molecule has 12 rings (SSSR count). The van der Waals surface area contributed by atoms with E-state index in [2.05, 4.69) is 177 Å². The summed E-state index contributed by atoms with van der Waals surface area (Å²) in [6.45, 7) is 2.13. The lowest BCUT2D eigenvalue weighted by Gasteiger charge is -2.12. The Bertz CT molecular complexity index is 3750. The van der Waals surface area contributed by atoms with Gasteiger partial charge in [-0.2, -0.15) is 0 Å². The first-order chi connectivity index (χ1) is 31.1. The van der Waals surface area contributed by atoms with Crippen molar-refractivity contribution in [3.63, 3.8) is 0 Å². The van der Waals surface area contributed by atoms with E-state index in [1.165, 1.54) is 31.3 Å². The van der Waals surface area contributed by atoms with Crippen LogP contribution in [0.5, 0.6) is 0 Å². The van der Waals surface area contributed by atoms with E-state index >= 15 is 0 Å². The number of aryl methyl sites for hydroxylation is 1. The van der Waals surface area contributed by atoms with Gasteiger partial charge in [-0.3, -0.25) is 0 Å². The average Bonchev–Trinajstić information content (AvgIpc) is 3.91. The fourth-order valence-electron chi connectivity index (χ4n) is 8.76. The van der Waals surface area contributed by atoms with Gasteiger partial charge in [0.2, 0.25) is 0 Å². The van der Waals surface area contributed by atoms with Gasteiger partial charge >= 0.3 is 0 Å². The van der Waals surface area contributed by atoms with Gasteiger partial charge in [-0.1, -0.05) is 158 Å². The molecule has 296 valence electrons. The van der Waals surface area contributed by atoms with Crippen LogP contribution in [-0.2, 0) is 0 Å². The molecule has 5 heteroatoms. The van der Waals surface area contributed by atoms with Crippen molar-refractivity contribution in [2.45, 2.75) is 6.92 Å². The van der Waals surface area contributed by atoms with E-state index in [4.69, 9.17) is 19.4 Å². The van der Waals surface area contributed by atoms with Gasteiger partial charge < -0.3 is 4.42 Å². The van der Waals surface area contributed by atoms with Gasteiger partial charge in [0, 0.05) is 47.6 Å². The maximum Gasteiger partial charge on any atom is 0.164 e. The lowest BCUT2D eigenvalue weighted by Crippen LogP contribution is -2.00. The molecule has 0 saturated carbocycles. The number of furan rings is 1. The number of hydrogen-bond donors (Lipinski definition) is 0. The number of para-hydroxylation sites is 1. The van der Waals surface area contributed by atoms with Gasteiger partial charge in [0.1, 0.15) is 11.2 Å². The molecule has 0 atom stereocenters. The van der Waals surface area contributed by atoms with Crippen LogP contribution in [0.15, 0.2) is 199 Å². The fraction of sp³-hybridized carbons (Fsp3) is 0.0172. The molecule has 0 saturated heterocycles. The van der Waals surface area contributed by atoms with Gasteiger partial charge in [-0.05, 0) is 105 Å². The SMILES string of the molecule is Cc1ccccc1/C=C\c1ccc(-c2nc(-c3ccccc3)nc(-c3ccc4ccc(-c5cc(-c6ccc7sc8ccccc8c7c6)cc6oc7ccccc7c56)cc4c3)n2)cc1. The van der Waals surface area contributed by atoms with Crippen LogP contribution < -0.4 is 0 Å². The smallest absolute Gasteiger partial charge is 0.164 e. The topological polar surface area (TPSA) is 51.8 Å². The Labute approximate surface area is 368 Å². The highest BCUT2D eigenvalue weighted by Crippen LogP contribution is 2.43. The van der Waals surface area contributed by atoms with Crippen LogP contribution in [0, 0.1) is 6.92 Å². The molecular weight excluding hydrogens is 787 g/mol. The molecule has 0 aliphatic carbocycles. The molecule has 0 N–H and O–H groups in total. The molecule has 0 aliphatic rings. The number of hydrogen-bond acceptors (Lipinski definition) is 5. The van der Waals surface area contributed by atoms with Crippen molar-refractivity contribution < 1.29 is 4.42 Å². The first-order valence-corrected chi connectivity index (χ1v) is 22.0. The Morgan fingerprint density at radius 2 is 1.05 bits per heavy atom. The van der Waals surface area contributed by atoms with Gasteiger partial charge in [-0.25, -0.2) is 15.0 Å². The Kier molecular flexibility index (Phi) is 8.87. The fourth-order valence-corrected chi connectivity index (χ4v) is 9.85. The molecule has 0 aliphatic heterocycles. The second-order valence-electron chi connectivity index (χ2n) is 16.1. The van der Waals surface area contributed by atoms with Crippen molar-refractivity contribution >= 4 is 76.4 Å². The molecular formula is C58H37N3OS. The van der Waals surface area contributed by atoms with Gasteiger partial charge in [0.25, 0.3) is 0 Å². The second-order valence-corrected chi connectivity index (χ2v) is 17.1. The zero-order valence-corrected chi connectivity index (χ0v) is 35.1. The van der Waals surface area contributed by atoms with Crippen LogP contribution in [0.1, 0.15) is 16.7 Å². The molecule has 0 spiro atoms. The van der Waals surface area contributed by atoms with Crippen LogP contribution in [0.25, 0.3) is 121 Å². The molecule has 0 bridgehead atoms. The summed E-state index contributed by atoms with van der Waals surface area (Å²) in [5, 5.41) is 7.00. The summed E-state index contributed by atoms with van der Waals surface area (Å²) in [5.41, 5.74) is 12.6. The summed E-state index contributed by atoms with van der Waals surface area (Å²) in [7, 11) is 0. The zero-order valence-electron chi connectivity index (χ0n) is 34.3. The van der Waals surface area contributed by atoms with E-state index in [0.717, 1.165) is 77.2 Å². The minimum atomic E-state index is 0.622. The minimum absolute atomic E-state index is 0.622. The highest BCUT2D eigenvalue weighted by Gasteiger charge is 2.18. The number of rotatable bonds is 7. The molecule has 4 nitrogen and oxygen atoms in total. The van der Waals surface area contributed by atoms with Gasteiger partial charge in [-0.15, -0.1) is 11.3 Å². The highest BCUT2D eigenvalue weighted by molar-refractivity contribution is 7.25. The third kappa shape index (κ3) is 6.76. The maximum atomic E-state index is 6.60. The molecule has 3 heterocycles. The van der Waals surface area contributed by atoms with E-state index in [1.807, 2.05) is 47.7 Å². The molecule has 3 aromatic heterocycles. The van der Waals surface area contributed by atoms with E-state index in [1.54, 1.807) is 0 Å². The number of aromatic nitrogens is 3. The second kappa shape index (κ2) is 15.2. The maximum absolute atomic E-state index is 6.60. The number of nitrogens with zero attached hydrogens (tertiary/aromatic N) is 3. The van der Waals surface area contributed by atoms with E-state index in [0.29, 0.717) is 17.5 Å². The summed E-state index contributed by atoms with van der Waals surface area (Å²) in [4.78, 5) is 15.2. The number of fused-ring (bicyclic) bond motifs is 7. The van der Waals surface area contributed by atoms with E-state index in [9.17, 15) is 0 Å². The molecule has 0 amide bonds. The van der Waals surface area contributed by atoms with Crippen molar-refractivity contribution in [3.05, 3.63) is 211 Å². The predicted molar refractivity (Wildman–Crippen MR) is 265 cm³/mol. The Balaban J connectivity index is 0.966. The molecule has 12 aromatic rings. The molecule has 9 aromatic carbocycles.